The van der Waals surface area contributed by atoms with Crippen molar-refractivity contribution in [2.75, 3.05) is 13.1 Å². The Kier molecular flexibility index (Phi) is 6.76. The zero-order valence-corrected chi connectivity index (χ0v) is 20.8. The van der Waals surface area contributed by atoms with E-state index in [1.165, 1.54) is 6.07 Å². The van der Waals surface area contributed by atoms with Gasteiger partial charge < -0.3 is 23.7 Å². The molecule has 1 amide bonds. The van der Waals surface area contributed by atoms with Crippen molar-refractivity contribution in [2.45, 2.75) is 84.7 Å². The first kappa shape index (κ1) is 25.3. The average molecular weight is 460 g/mol. The van der Waals surface area contributed by atoms with Crippen LogP contribution in [0, 0.1) is 23.1 Å². The Morgan fingerprint density at radius 2 is 1.85 bits per heavy atom. The Morgan fingerprint density at radius 1 is 1.24 bits per heavy atom. The predicted octanol–water partition coefficient (Wildman–Crippen LogP) is 4.02. The average Bonchev–Trinajstić information content (AvgIpc) is 2.90. The van der Waals surface area contributed by atoms with Crippen molar-refractivity contribution in [3.05, 3.63) is 23.5 Å². The summed E-state index contributed by atoms with van der Waals surface area (Å²) in [6, 6.07) is 4.90. The van der Waals surface area contributed by atoms with E-state index >= 15 is 4.39 Å². The summed E-state index contributed by atoms with van der Waals surface area (Å²) in [6.07, 6.45) is -0.208. The molecule has 33 heavy (non-hydrogen) atoms. The Labute approximate surface area is 196 Å². The molecule has 0 spiro atoms. The second kappa shape index (κ2) is 8.81. The Bertz CT molecular complexity index is 937. The van der Waals surface area contributed by atoms with Gasteiger partial charge in [-0.1, -0.05) is 6.92 Å². The lowest BCUT2D eigenvalue weighted by molar-refractivity contribution is -0.000295. The van der Waals surface area contributed by atoms with E-state index in [2.05, 4.69) is 0 Å². The molecule has 2 aliphatic rings. The normalized spacial score (nSPS) is 24.4. The van der Waals surface area contributed by atoms with Crippen LogP contribution in [0.4, 0.5) is 9.18 Å². The number of carbonyl (C=O) groups is 1. The number of likely N-dealkylation sites (tertiary alicyclic amines) is 1. The molecule has 0 bridgehead atoms. The molecule has 2 aliphatic heterocycles. The number of amides is 1. The van der Waals surface area contributed by atoms with Gasteiger partial charge in [0.05, 0.1) is 16.8 Å². The number of ether oxygens (including phenoxy) is 2. The zero-order chi connectivity index (χ0) is 24.8. The topological polar surface area (TPSA) is 81.0 Å². The molecule has 0 aliphatic carbocycles. The molecule has 0 unspecified atom stereocenters. The number of nitriles is 1. The molecule has 0 radical (unpaired) electrons. The number of rotatable bonds is 3. The van der Waals surface area contributed by atoms with Gasteiger partial charge in [-0.3, -0.25) is 0 Å². The van der Waals surface area contributed by atoms with Gasteiger partial charge in [0.1, 0.15) is 17.8 Å². The fraction of sp³-hybridized carbons (Fsp3) is 0.667. The molecule has 3 rings (SSSR count). The molecule has 9 heteroatoms. The summed E-state index contributed by atoms with van der Waals surface area (Å²) in [4.78, 5) is 14.0. The molecule has 180 valence electrons. The van der Waals surface area contributed by atoms with Crippen molar-refractivity contribution >= 4 is 18.7 Å². The molecule has 2 atom stereocenters. The van der Waals surface area contributed by atoms with Crippen LogP contribution in [0.2, 0.25) is 0 Å². The number of hydrogen-bond donors (Lipinski definition) is 0. The van der Waals surface area contributed by atoms with Gasteiger partial charge in [0.15, 0.2) is 11.6 Å². The molecule has 0 aromatic heterocycles. The van der Waals surface area contributed by atoms with Crippen LogP contribution in [0.15, 0.2) is 12.1 Å². The fourth-order valence-corrected chi connectivity index (χ4v) is 3.88. The molecule has 0 saturated carbocycles. The van der Waals surface area contributed by atoms with Gasteiger partial charge in [-0.05, 0) is 66.1 Å². The first-order chi connectivity index (χ1) is 15.1. The number of halogens is 1. The quantitative estimate of drug-likeness (QED) is 0.634. The summed E-state index contributed by atoms with van der Waals surface area (Å²) in [5.74, 6) is -0.791. The largest absolute Gasteiger partial charge is 0.494 e. The van der Waals surface area contributed by atoms with E-state index in [0.717, 1.165) is 0 Å². The monoisotopic (exact) mass is 460 g/mol. The minimum atomic E-state index is -0.776. The first-order valence-electron chi connectivity index (χ1n) is 11.4. The van der Waals surface area contributed by atoms with Crippen molar-refractivity contribution < 1.29 is 28.0 Å². The van der Waals surface area contributed by atoms with Crippen LogP contribution < -0.4 is 10.2 Å². The van der Waals surface area contributed by atoms with Crippen LogP contribution in [0.5, 0.6) is 5.75 Å². The lowest BCUT2D eigenvalue weighted by Gasteiger charge is -2.37. The van der Waals surface area contributed by atoms with Crippen molar-refractivity contribution in [3.63, 3.8) is 0 Å². The summed E-state index contributed by atoms with van der Waals surface area (Å²) in [6.45, 7) is 15.9. The highest BCUT2D eigenvalue weighted by Gasteiger charge is 2.52. The molecule has 7 nitrogen and oxygen atoms in total. The van der Waals surface area contributed by atoms with Crippen molar-refractivity contribution in [3.8, 4) is 11.8 Å². The zero-order valence-electron chi connectivity index (χ0n) is 20.8. The standard InChI is InChI=1S/C24H34BFN2O5/c1-15-14-28(21(29)31-22(2,3)4)10-9-19(15)30-20-16(13-27)11-17(12-18(20)26)25-32-23(5,6)24(7,8)33-25/h11-12,15,19H,9-10,14H2,1-8H3/t15-,19+/m1/s1. The van der Waals surface area contributed by atoms with E-state index in [0.29, 0.717) is 25.0 Å². The lowest BCUT2D eigenvalue weighted by Crippen LogP contribution is -2.48. The Balaban J connectivity index is 1.74. The van der Waals surface area contributed by atoms with Gasteiger partial charge in [0, 0.05) is 25.4 Å². The van der Waals surface area contributed by atoms with Gasteiger partial charge in [0.25, 0.3) is 0 Å². The third-order valence-corrected chi connectivity index (χ3v) is 6.46. The molecule has 1 aromatic carbocycles. The van der Waals surface area contributed by atoms with Crippen molar-refractivity contribution in [2.24, 2.45) is 5.92 Å². The number of nitrogens with zero attached hydrogens (tertiary/aromatic N) is 2. The van der Waals surface area contributed by atoms with Crippen LogP contribution in [-0.4, -0.2) is 54.1 Å². The first-order valence-corrected chi connectivity index (χ1v) is 11.4. The third-order valence-electron chi connectivity index (χ3n) is 6.46. The highest BCUT2D eigenvalue weighted by atomic mass is 19.1. The summed E-state index contributed by atoms with van der Waals surface area (Å²) in [5.41, 5.74) is -1.21. The van der Waals surface area contributed by atoms with E-state index in [1.54, 1.807) is 11.0 Å². The molecule has 2 saturated heterocycles. The maximum Gasteiger partial charge on any atom is 0.494 e. The minimum Gasteiger partial charge on any atom is -0.486 e. The van der Waals surface area contributed by atoms with Gasteiger partial charge >= 0.3 is 13.2 Å². The molecule has 0 N–H and O–H groups in total. The number of carbonyl (C=O) groups excluding carboxylic acids is 1. The molecular weight excluding hydrogens is 426 g/mol. The number of hydrogen-bond acceptors (Lipinski definition) is 6. The fourth-order valence-electron chi connectivity index (χ4n) is 3.88. The van der Waals surface area contributed by atoms with Gasteiger partial charge in [-0.15, -0.1) is 0 Å². The van der Waals surface area contributed by atoms with Crippen molar-refractivity contribution in [1.29, 1.82) is 5.26 Å². The predicted molar refractivity (Wildman–Crippen MR) is 123 cm³/mol. The Hall–Kier alpha value is -2.31. The maximum atomic E-state index is 15.1. The SMILES string of the molecule is C[C@@H]1CN(C(=O)OC(C)(C)C)CC[C@@H]1Oc1c(F)cc(B2OC(C)(C)C(C)(C)O2)cc1C#N. The smallest absolute Gasteiger partial charge is 0.486 e. The van der Waals surface area contributed by atoms with E-state index in [-0.39, 0.29) is 29.4 Å². The molecule has 2 fully saturated rings. The van der Waals surface area contributed by atoms with E-state index < -0.39 is 29.7 Å². The van der Waals surface area contributed by atoms with Crippen LogP contribution in [0.25, 0.3) is 0 Å². The summed E-state index contributed by atoms with van der Waals surface area (Å²) < 4.78 is 38.6. The van der Waals surface area contributed by atoms with Gasteiger partial charge in [-0.2, -0.15) is 5.26 Å². The number of piperidine rings is 1. The molecule has 2 heterocycles. The third kappa shape index (κ3) is 5.44. The van der Waals surface area contributed by atoms with E-state index in [1.807, 2.05) is 61.5 Å². The highest BCUT2D eigenvalue weighted by Crippen LogP contribution is 2.37. The summed E-state index contributed by atoms with van der Waals surface area (Å²) in [7, 11) is -0.776. The van der Waals surface area contributed by atoms with E-state index in [9.17, 15) is 10.1 Å². The summed E-state index contributed by atoms with van der Waals surface area (Å²) in [5, 5.41) is 9.69. The lowest BCUT2D eigenvalue weighted by atomic mass is 9.78. The second-order valence-corrected chi connectivity index (χ2v) is 10.9. The second-order valence-electron chi connectivity index (χ2n) is 10.9. The minimum absolute atomic E-state index is 0.0695. The number of benzene rings is 1. The van der Waals surface area contributed by atoms with Crippen LogP contribution in [0.1, 0.15) is 67.4 Å². The molecular formula is C24H34BFN2O5. The summed E-state index contributed by atoms with van der Waals surface area (Å²) >= 11 is 0. The Morgan fingerprint density at radius 3 is 2.36 bits per heavy atom. The molecule has 1 aromatic rings. The highest BCUT2D eigenvalue weighted by molar-refractivity contribution is 6.62. The van der Waals surface area contributed by atoms with Gasteiger partial charge in [0.2, 0.25) is 0 Å². The van der Waals surface area contributed by atoms with Crippen LogP contribution in [0.3, 0.4) is 0 Å². The van der Waals surface area contributed by atoms with Gasteiger partial charge in [-0.25, -0.2) is 9.18 Å². The van der Waals surface area contributed by atoms with Crippen LogP contribution >= 0.6 is 0 Å². The van der Waals surface area contributed by atoms with E-state index in [4.69, 9.17) is 18.8 Å². The maximum absolute atomic E-state index is 15.1. The van der Waals surface area contributed by atoms with Crippen molar-refractivity contribution in [1.82, 2.24) is 4.90 Å². The van der Waals surface area contributed by atoms with Crippen LogP contribution in [-0.2, 0) is 14.0 Å².